The van der Waals surface area contributed by atoms with Crippen LogP contribution in [0.1, 0.15) is 13.8 Å². The summed E-state index contributed by atoms with van der Waals surface area (Å²) in [5.74, 6) is -0.329. The molecule has 0 bridgehead atoms. The Morgan fingerprint density at radius 1 is 1.27 bits per heavy atom. The van der Waals surface area contributed by atoms with Crippen LogP contribution in [0, 0.1) is 0 Å². The quantitative estimate of drug-likeness (QED) is 0.420. The van der Waals surface area contributed by atoms with Gasteiger partial charge in [-0.05, 0) is 13.8 Å². The molecule has 1 amide bonds. The van der Waals surface area contributed by atoms with Crippen molar-refractivity contribution < 1.29 is 9.90 Å². The molecule has 5 N–H and O–H groups in total. The molecular formula is C7H12N6O2. The number of anilines is 3. The van der Waals surface area contributed by atoms with Gasteiger partial charge in [-0.25, -0.2) is 0 Å². The monoisotopic (exact) mass is 212 g/mol. The number of carbonyl (C=O) groups excluding carboxylic acids is 1. The van der Waals surface area contributed by atoms with Crippen LogP contribution in [0.5, 0.6) is 0 Å². The predicted octanol–water partition coefficient (Wildman–Crippen LogP) is -1.27. The molecule has 1 heterocycles. The molecule has 0 aliphatic heterocycles. The van der Waals surface area contributed by atoms with Crippen LogP contribution < -0.4 is 16.4 Å². The minimum absolute atomic E-state index is 0.0949. The molecule has 15 heavy (non-hydrogen) atoms. The Labute approximate surface area is 85.9 Å². The number of nitrogens with zero attached hydrogens (tertiary/aromatic N) is 4. The van der Waals surface area contributed by atoms with E-state index in [4.69, 9.17) is 11.5 Å². The van der Waals surface area contributed by atoms with Crippen LogP contribution in [0.25, 0.3) is 0 Å². The molecule has 0 radical (unpaired) electrons. The van der Waals surface area contributed by atoms with E-state index < -0.39 is 5.72 Å². The molecule has 0 spiro atoms. The second-order valence-corrected chi connectivity index (χ2v) is 3.32. The number of carbonyl (C=O) groups is 1. The number of hydrogen-bond donors (Lipinski definition) is 3. The Bertz CT molecular complexity index is 354. The molecule has 1 aromatic rings. The van der Waals surface area contributed by atoms with Gasteiger partial charge >= 0.3 is 0 Å². The van der Waals surface area contributed by atoms with Crippen molar-refractivity contribution in [1.82, 2.24) is 15.0 Å². The molecule has 0 saturated heterocycles. The van der Waals surface area contributed by atoms with Crippen molar-refractivity contribution in [2.45, 2.75) is 19.6 Å². The van der Waals surface area contributed by atoms with E-state index in [2.05, 4.69) is 15.0 Å². The highest BCUT2D eigenvalue weighted by Gasteiger charge is 2.26. The topological polar surface area (TPSA) is 131 Å². The van der Waals surface area contributed by atoms with Crippen molar-refractivity contribution in [3.05, 3.63) is 0 Å². The zero-order valence-corrected chi connectivity index (χ0v) is 8.38. The predicted molar refractivity (Wildman–Crippen MR) is 53.5 cm³/mol. The highest BCUT2D eigenvalue weighted by Crippen LogP contribution is 2.16. The van der Waals surface area contributed by atoms with Crippen molar-refractivity contribution in [2.75, 3.05) is 16.4 Å². The summed E-state index contributed by atoms with van der Waals surface area (Å²) < 4.78 is 0. The van der Waals surface area contributed by atoms with E-state index in [1.54, 1.807) is 0 Å². The molecule has 1 rings (SSSR count). The fourth-order valence-corrected chi connectivity index (χ4v) is 0.926. The Balaban J connectivity index is 3.18. The molecule has 8 nitrogen and oxygen atoms in total. The largest absolute Gasteiger partial charge is 0.371 e. The summed E-state index contributed by atoms with van der Waals surface area (Å²) in [7, 11) is 0. The molecule has 1 aromatic heterocycles. The maximum atomic E-state index is 10.8. The summed E-state index contributed by atoms with van der Waals surface area (Å²) >= 11 is 0. The third-order valence-corrected chi connectivity index (χ3v) is 1.57. The summed E-state index contributed by atoms with van der Waals surface area (Å²) in [6.07, 6.45) is 0.383. The smallest absolute Gasteiger partial charge is 0.240 e. The molecule has 0 aromatic carbocycles. The molecule has 0 atom stereocenters. The minimum Gasteiger partial charge on any atom is -0.371 e. The number of nitrogens with two attached hydrogens (primary N) is 2. The van der Waals surface area contributed by atoms with Crippen LogP contribution in [0.15, 0.2) is 0 Å². The van der Waals surface area contributed by atoms with Crippen molar-refractivity contribution in [2.24, 2.45) is 0 Å². The Kier molecular flexibility index (Phi) is 2.71. The number of aromatic nitrogens is 3. The molecule has 0 aliphatic rings. The van der Waals surface area contributed by atoms with Gasteiger partial charge in [0.2, 0.25) is 24.3 Å². The van der Waals surface area contributed by atoms with E-state index in [0.717, 1.165) is 4.90 Å². The van der Waals surface area contributed by atoms with E-state index in [1.165, 1.54) is 13.8 Å². The van der Waals surface area contributed by atoms with Gasteiger partial charge in [0.25, 0.3) is 0 Å². The Hall–Kier alpha value is -1.96. The van der Waals surface area contributed by atoms with Gasteiger partial charge in [0, 0.05) is 0 Å². The zero-order chi connectivity index (χ0) is 11.6. The first-order valence-corrected chi connectivity index (χ1v) is 4.08. The van der Waals surface area contributed by atoms with E-state index in [0.29, 0.717) is 6.41 Å². The van der Waals surface area contributed by atoms with Gasteiger partial charge in [0.1, 0.15) is 5.72 Å². The van der Waals surface area contributed by atoms with Gasteiger partial charge in [-0.2, -0.15) is 15.0 Å². The number of nitrogen functional groups attached to an aromatic ring is 2. The molecular weight excluding hydrogens is 200 g/mol. The van der Waals surface area contributed by atoms with Crippen molar-refractivity contribution in [3.63, 3.8) is 0 Å². The molecule has 0 unspecified atom stereocenters. The van der Waals surface area contributed by atoms with Gasteiger partial charge in [-0.1, -0.05) is 0 Å². The summed E-state index contributed by atoms with van der Waals surface area (Å²) in [5.41, 5.74) is 9.22. The minimum atomic E-state index is -1.44. The average Bonchev–Trinajstić information content (AvgIpc) is 1.99. The van der Waals surface area contributed by atoms with Crippen molar-refractivity contribution in [3.8, 4) is 0 Å². The summed E-state index contributed by atoms with van der Waals surface area (Å²) in [4.78, 5) is 22.6. The third kappa shape index (κ3) is 2.50. The first-order valence-electron chi connectivity index (χ1n) is 4.08. The summed E-state index contributed by atoms with van der Waals surface area (Å²) in [6, 6.07) is 0. The second-order valence-electron chi connectivity index (χ2n) is 3.32. The van der Waals surface area contributed by atoms with Crippen molar-refractivity contribution >= 4 is 24.3 Å². The van der Waals surface area contributed by atoms with Crippen LogP contribution >= 0.6 is 0 Å². The third-order valence-electron chi connectivity index (χ3n) is 1.57. The number of rotatable bonds is 3. The van der Waals surface area contributed by atoms with E-state index in [-0.39, 0.29) is 17.8 Å². The van der Waals surface area contributed by atoms with Gasteiger partial charge < -0.3 is 16.6 Å². The second kappa shape index (κ2) is 3.65. The lowest BCUT2D eigenvalue weighted by Gasteiger charge is -2.28. The number of hydrogen-bond acceptors (Lipinski definition) is 7. The zero-order valence-electron chi connectivity index (χ0n) is 8.38. The lowest BCUT2D eigenvalue weighted by Crippen LogP contribution is -2.44. The van der Waals surface area contributed by atoms with Gasteiger partial charge in [0.05, 0.1) is 0 Å². The van der Waals surface area contributed by atoms with Crippen LogP contribution in [0.3, 0.4) is 0 Å². The van der Waals surface area contributed by atoms with E-state index >= 15 is 0 Å². The van der Waals surface area contributed by atoms with Crippen LogP contribution in [-0.2, 0) is 4.79 Å². The van der Waals surface area contributed by atoms with Crippen LogP contribution in [0.4, 0.5) is 17.8 Å². The molecule has 82 valence electrons. The van der Waals surface area contributed by atoms with Crippen LogP contribution in [-0.4, -0.2) is 32.2 Å². The number of aliphatic hydroxyl groups is 1. The first kappa shape index (κ1) is 11.1. The first-order chi connectivity index (χ1) is 6.84. The van der Waals surface area contributed by atoms with E-state index in [9.17, 15) is 9.90 Å². The van der Waals surface area contributed by atoms with Crippen LogP contribution in [0.2, 0.25) is 0 Å². The molecule has 0 saturated carbocycles. The standard InChI is InChI=1S/C7H12N6O2/c1-7(2,15)13(3-14)6-11-4(8)10-5(9)12-6/h3,15H,1-2H3,(H4,8,9,10,11,12). The average molecular weight is 212 g/mol. The van der Waals surface area contributed by atoms with Crippen molar-refractivity contribution in [1.29, 1.82) is 0 Å². The van der Waals surface area contributed by atoms with Gasteiger partial charge in [-0.3, -0.25) is 9.69 Å². The molecule has 0 fully saturated rings. The molecule has 8 heteroatoms. The highest BCUT2D eigenvalue weighted by molar-refractivity contribution is 5.73. The van der Waals surface area contributed by atoms with Gasteiger partial charge in [-0.15, -0.1) is 0 Å². The van der Waals surface area contributed by atoms with E-state index in [1.807, 2.05) is 0 Å². The fourth-order valence-electron chi connectivity index (χ4n) is 0.926. The Morgan fingerprint density at radius 3 is 2.07 bits per heavy atom. The summed E-state index contributed by atoms with van der Waals surface area (Å²) in [5, 5.41) is 9.63. The fraction of sp³-hybridized carbons (Fsp3) is 0.429. The maximum absolute atomic E-state index is 10.8. The maximum Gasteiger partial charge on any atom is 0.240 e. The summed E-state index contributed by atoms with van der Waals surface area (Å²) in [6.45, 7) is 2.80. The Morgan fingerprint density at radius 2 is 1.73 bits per heavy atom. The lowest BCUT2D eigenvalue weighted by atomic mass is 10.3. The molecule has 0 aliphatic carbocycles. The number of amides is 1. The highest BCUT2D eigenvalue weighted by atomic mass is 16.3. The lowest BCUT2D eigenvalue weighted by molar-refractivity contribution is -0.110. The normalized spacial score (nSPS) is 11.1. The SMILES string of the molecule is CC(C)(O)N(C=O)c1nc(N)nc(N)n1. The van der Waals surface area contributed by atoms with Gasteiger partial charge in [0.15, 0.2) is 0 Å².